The normalized spacial score (nSPS) is 16.0. The number of carbonyl (C=O) groups excluding carboxylic acids is 3. The first-order valence-corrected chi connectivity index (χ1v) is 12.9. The Bertz CT molecular complexity index is 1210. The van der Waals surface area contributed by atoms with Crippen molar-refractivity contribution in [3.05, 3.63) is 54.1 Å². The van der Waals surface area contributed by atoms with Gasteiger partial charge in [0.05, 0.1) is 24.2 Å². The Morgan fingerprint density at radius 3 is 2.67 bits per heavy atom. The Balaban J connectivity index is 1.48. The summed E-state index contributed by atoms with van der Waals surface area (Å²) in [5.41, 5.74) is 2.02. The molecule has 4 rings (SSSR count). The minimum absolute atomic E-state index is 0.0707. The molecule has 0 saturated heterocycles. The summed E-state index contributed by atoms with van der Waals surface area (Å²) in [6.07, 6.45) is 2.41. The van der Waals surface area contributed by atoms with Crippen LogP contribution in [0, 0.1) is 0 Å². The molecule has 188 valence electrons. The van der Waals surface area contributed by atoms with E-state index in [1.165, 1.54) is 11.8 Å². The molecule has 1 unspecified atom stereocenters. The first kappa shape index (κ1) is 25.4. The quantitative estimate of drug-likeness (QED) is 0.474. The molecule has 2 heterocycles. The standard InChI is InChI=1S/C26H29N5O4S/c1-3-4-15-27-22(32)14-13-20-25(34)30-24-17-9-5-6-10-18(17)29-26(31(20)24)36-16-23(33)28-19-11-7-8-12-21(19)35-2/h5-12,20H,3-4,13-16H2,1-2H3,(H,27,32)(H,28,33). The van der Waals surface area contributed by atoms with Crippen LogP contribution in [0.25, 0.3) is 0 Å². The molecule has 2 aromatic carbocycles. The van der Waals surface area contributed by atoms with Crippen LogP contribution in [0.2, 0.25) is 0 Å². The minimum atomic E-state index is -0.645. The van der Waals surface area contributed by atoms with Crippen molar-refractivity contribution in [2.45, 2.75) is 38.6 Å². The van der Waals surface area contributed by atoms with Gasteiger partial charge in [-0.05, 0) is 37.1 Å². The van der Waals surface area contributed by atoms with E-state index in [0.29, 0.717) is 41.1 Å². The first-order chi connectivity index (χ1) is 17.5. The molecule has 0 fully saturated rings. The number of fused-ring (bicyclic) bond motifs is 3. The van der Waals surface area contributed by atoms with Crippen molar-refractivity contribution in [2.75, 3.05) is 24.7 Å². The second-order valence-corrected chi connectivity index (χ2v) is 9.29. The highest BCUT2D eigenvalue weighted by atomic mass is 32.2. The van der Waals surface area contributed by atoms with Gasteiger partial charge in [0.2, 0.25) is 11.8 Å². The van der Waals surface area contributed by atoms with Crippen LogP contribution in [0.1, 0.15) is 38.2 Å². The number of ether oxygens (including phenoxy) is 1. The molecule has 0 spiro atoms. The Hall–Kier alpha value is -3.66. The van der Waals surface area contributed by atoms with Gasteiger partial charge in [-0.15, -0.1) is 0 Å². The third-order valence-electron chi connectivity index (χ3n) is 5.82. The van der Waals surface area contributed by atoms with E-state index in [4.69, 9.17) is 9.73 Å². The lowest BCUT2D eigenvalue weighted by Gasteiger charge is -2.31. The van der Waals surface area contributed by atoms with Crippen LogP contribution in [-0.4, -0.2) is 59.1 Å². The highest BCUT2D eigenvalue weighted by molar-refractivity contribution is 8.14. The second-order valence-electron chi connectivity index (χ2n) is 8.35. The van der Waals surface area contributed by atoms with Gasteiger partial charge in [0.1, 0.15) is 17.6 Å². The second kappa shape index (κ2) is 11.9. The van der Waals surface area contributed by atoms with E-state index in [1.54, 1.807) is 24.1 Å². The topological polar surface area (TPSA) is 112 Å². The molecule has 2 aliphatic heterocycles. The SMILES string of the molecule is CCCCNC(=O)CCC1C(=O)N=C2c3ccccc3N=C(SCC(=O)Nc3ccccc3OC)N21. The first-order valence-electron chi connectivity index (χ1n) is 11.9. The summed E-state index contributed by atoms with van der Waals surface area (Å²) in [6.45, 7) is 2.68. The molecule has 0 saturated carbocycles. The van der Waals surface area contributed by atoms with Crippen LogP contribution in [0.15, 0.2) is 58.5 Å². The predicted molar refractivity (Wildman–Crippen MR) is 142 cm³/mol. The molecule has 1 atom stereocenters. The van der Waals surface area contributed by atoms with Gasteiger partial charge in [0, 0.05) is 18.5 Å². The Morgan fingerprint density at radius 2 is 1.86 bits per heavy atom. The molecule has 10 heteroatoms. The maximum atomic E-state index is 12.9. The molecule has 0 radical (unpaired) electrons. The van der Waals surface area contributed by atoms with Crippen molar-refractivity contribution in [1.29, 1.82) is 0 Å². The number of benzene rings is 2. The zero-order chi connectivity index (χ0) is 25.5. The van der Waals surface area contributed by atoms with Gasteiger partial charge in [-0.2, -0.15) is 4.99 Å². The summed E-state index contributed by atoms with van der Waals surface area (Å²) in [4.78, 5) is 48.7. The third-order valence-corrected chi connectivity index (χ3v) is 6.77. The van der Waals surface area contributed by atoms with Gasteiger partial charge in [-0.25, -0.2) is 4.99 Å². The fourth-order valence-corrected chi connectivity index (χ4v) is 4.85. The van der Waals surface area contributed by atoms with Crippen LogP contribution in [0.5, 0.6) is 5.75 Å². The van der Waals surface area contributed by atoms with Gasteiger partial charge < -0.3 is 15.4 Å². The number of nitrogens with one attached hydrogen (secondary N) is 2. The van der Waals surface area contributed by atoms with Gasteiger partial charge in [-0.1, -0.05) is 49.4 Å². The maximum Gasteiger partial charge on any atom is 0.270 e. The number of para-hydroxylation sites is 3. The van der Waals surface area contributed by atoms with Crippen molar-refractivity contribution >= 4 is 51.9 Å². The van der Waals surface area contributed by atoms with E-state index in [0.717, 1.165) is 18.4 Å². The van der Waals surface area contributed by atoms with Crippen molar-refractivity contribution in [3.8, 4) is 5.75 Å². The number of thioether (sulfide) groups is 1. The van der Waals surface area contributed by atoms with Gasteiger partial charge >= 0.3 is 0 Å². The molecular formula is C26H29N5O4S. The number of anilines is 1. The predicted octanol–water partition coefficient (Wildman–Crippen LogP) is 3.72. The van der Waals surface area contributed by atoms with E-state index in [9.17, 15) is 14.4 Å². The van der Waals surface area contributed by atoms with Crippen LogP contribution >= 0.6 is 11.8 Å². The minimum Gasteiger partial charge on any atom is -0.495 e. The number of hydrogen-bond acceptors (Lipinski definition) is 7. The number of nitrogens with zero attached hydrogens (tertiary/aromatic N) is 3. The summed E-state index contributed by atoms with van der Waals surface area (Å²) >= 11 is 1.22. The smallest absolute Gasteiger partial charge is 0.270 e. The largest absolute Gasteiger partial charge is 0.495 e. The lowest BCUT2D eigenvalue weighted by Crippen LogP contribution is -2.44. The average Bonchev–Trinajstić information content (AvgIpc) is 3.22. The van der Waals surface area contributed by atoms with E-state index in [2.05, 4.69) is 22.5 Å². The lowest BCUT2D eigenvalue weighted by molar-refractivity contribution is -0.122. The highest BCUT2D eigenvalue weighted by Crippen LogP contribution is 2.35. The van der Waals surface area contributed by atoms with E-state index < -0.39 is 6.04 Å². The summed E-state index contributed by atoms with van der Waals surface area (Å²) in [7, 11) is 1.55. The zero-order valence-corrected chi connectivity index (χ0v) is 21.1. The summed E-state index contributed by atoms with van der Waals surface area (Å²) in [5, 5.41) is 6.25. The molecule has 9 nitrogen and oxygen atoms in total. The van der Waals surface area contributed by atoms with E-state index in [-0.39, 0.29) is 29.9 Å². The van der Waals surface area contributed by atoms with Gasteiger partial charge in [0.15, 0.2) is 5.17 Å². The van der Waals surface area contributed by atoms with Crippen molar-refractivity contribution in [3.63, 3.8) is 0 Å². The number of unbranched alkanes of at least 4 members (excludes halogenated alkanes) is 1. The Kier molecular flexibility index (Phi) is 8.37. The molecular weight excluding hydrogens is 478 g/mol. The molecule has 0 aromatic heterocycles. The Labute approximate surface area is 214 Å². The number of methoxy groups -OCH3 is 1. The number of amides is 3. The Morgan fingerprint density at radius 1 is 1.08 bits per heavy atom. The number of carbonyl (C=O) groups is 3. The fraction of sp³-hybridized carbons (Fsp3) is 0.346. The maximum absolute atomic E-state index is 12.9. The van der Waals surface area contributed by atoms with Gasteiger partial charge in [-0.3, -0.25) is 19.3 Å². The molecule has 2 aromatic rings. The summed E-state index contributed by atoms with van der Waals surface area (Å²) in [5.74, 6) is 0.508. The van der Waals surface area contributed by atoms with Crippen LogP contribution < -0.4 is 15.4 Å². The number of hydrogen-bond donors (Lipinski definition) is 2. The van der Waals surface area contributed by atoms with Crippen LogP contribution in [0.4, 0.5) is 11.4 Å². The molecule has 0 bridgehead atoms. The van der Waals surface area contributed by atoms with E-state index in [1.807, 2.05) is 36.4 Å². The lowest BCUT2D eigenvalue weighted by atomic mass is 10.1. The van der Waals surface area contributed by atoms with E-state index >= 15 is 0 Å². The number of aliphatic imine (C=N–C) groups is 2. The number of rotatable bonds is 10. The summed E-state index contributed by atoms with van der Waals surface area (Å²) in [6, 6.07) is 14.0. The van der Waals surface area contributed by atoms with Crippen molar-refractivity contribution in [2.24, 2.45) is 9.98 Å². The molecule has 2 N–H and O–H groups in total. The zero-order valence-electron chi connectivity index (χ0n) is 20.3. The van der Waals surface area contributed by atoms with Gasteiger partial charge in [0.25, 0.3) is 5.91 Å². The van der Waals surface area contributed by atoms with Crippen LogP contribution in [-0.2, 0) is 14.4 Å². The fourth-order valence-electron chi connectivity index (χ4n) is 4.00. The average molecular weight is 508 g/mol. The monoisotopic (exact) mass is 507 g/mol. The van der Waals surface area contributed by atoms with Crippen molar-refractivity contribution in [1.82, 2.24) is 10.2 Å². The molecule has 36 heavy (non-hydrogen) atoms. The highest BCUT2D eigenvalue weighted by Gasteiger charge is 2.41. The van der Waals surface area contributed by atoms with Crippen molar-refractivity contribution < 1.29 is 19.1 Å². The molecule has 2 aliphatic rings. The molecule has 0 aliphatic carbocycles. The number of amidine groups is 2. The third kappa shape index (κ3) is 5.76. The van der Waals surface area contributed by atoms with Crippen LogP contribution in [0.3, 0.4) is 0 Å². The molecule has 3 amide bonds. The summed E-state index contributed by atoms with van der Waals surface area (Å²) < 4.78 is 5.30.